The molecule has 3 aromatic carbocycles. The third-order valence-corrected chi connectivity index (χ3v) is 18.5. The third-order valence-electron chi connectivity index (χ3n) is 12.9. The average Bonchev–Trinajstić information content (AvgIpc) is 3.76. The topological polar surface area (TPSA) is 17.4 Å². The van der Waals surface area contributed by atoms with Gasteiger partial charge in [-0.2, -0.15) is 0 Å². The predicted octanol–water partition coefficient (Wildman–Crippen LogP) is 11.2. The van der Waals surface area contributed by atoms with Crippen LogP contribution in [0.5, 0.6) is 0 Å². The van der Waals surface area contributed by atoms with E-state index in [9.17, 15) is 0 Å². The van der Waals surface area contributed by atoms with Crippen molar-refractivity contribution in [2.75, 3.05) is 18.6 Å². The van der Waals surface area contributed by atoms with Crippen molar-refractivity contribution in [1.82, 2.24) is 4.57 Å². The maximum Gasteiger partial charge on any atom is 0.0679 e. The molecule has 1 aliphatic heterocycles. The number of aromatic nitrogens is 1. The summed E-state index contributed by atoms with van der Waals surface area (Å²) >= 11 is 0. The molecule has 4 aromatic rings. The molecule has 4 aliphatic rings. The molecular formula is C45H56N2OSi. The van der Waals surface area contributed by atoms with Crippen LogP contribution in [0.25, 0.3) is 22.2 Å². The highest BCUT2D eigenvalue weighted by Gasteiger charge is 2.63. The molecule has 0 saturated heterocycles. The number of unbranched alkanes of at least 4 members (excludes halogenated alkanes) is 3. The van der Waals surface area contributed by atoms with E-state index in [1.54, 1.807) is 16.7 Å². The van der Waals surface area contributed by atoms with Gasteiger partial charge in [0, 0.05) is 66.3 Å². The zero-order valence-corrected chi connectivity index (χ0v) is 32.1. The predicted molar refractivity (Wildman–Crippen MR) is 211 cm³/mol. The standard InChI is InChI=1S/C45H56N2OSi/c1-29-21-23-37-35(27-29)39-41(46(37)6)31-17-11-13-19-33(31)43(39)49(8,26-16-10-9-15-25-48-45(3,4)5)44-34-20-14-12-18-32(34)42-40(44)36-28-30(2)22-24-38(36)47(42)7/h11-14,17-24,27-28,31,33,39,41,43-44H,9-10,15-16,25-26H2,1-8H3. The molecule has 1 fully saturated rings. The lowest BCUT2D eigenvalue weighted by Gasteiger charge is -2.45. The van der Waals surface area contributed by atoms with Crippen LogP contribution in [-0.4, -0.2) is 37.9 Å². The molecule has 256 valence electrons. The fraction of sp³-hybridized carbons (Fsp3) is 0.467. The van der Waals surface area contributed by atoms with E-state index in [4.69, 9.17) is 4.74 Å². The van der Waals surface area contributed by atoms with Crippen LogP contribution in [0, 0.1) is 25.7 Å². The Balaban J connectivity index is 1.28. The molecule has 1 aromatic heterocycles. The van der Waals surface area contributed by atoms with Crippen LogP contribution in [0.4, 0.5) is 5.69 Å². The molecule has 0 amide bonds. The second-order valence-corrected chi connectivity index (χ2v) is 21.9. The molecule has 3 aliphatic carbocycles. The third kappa shape index (κ3) is 5.23. The summed E-state index contributed by atoms with van der Waals surface area (Å²) in [4.78, 5) is 2.68. The van der Waals surface area contributed by atoms with Gasteiger partial charge < -0.3 is 14.2 Å². The van der Waals surface area contributed by atoms with E-state index in [0.29, 0.717) is 34.9 Å². The number of hydrogen-bond acceptors (Lipinski definition) is 2. The van der Waals surface area contributed by atoms with Crippen LogP contribution in [0.1, 0.15) is 85.7 Å². The van der Waals surface area contributed by atoms with E-state index in [1.807, 2.05) is 0 Å². The molecule has 0 spiro atoms. The maximum absolute atomic E-state index is 6.12. The molecule has 1 saturated carbocycles. The Morgan fingerprint density at radius 3 is 2.31 bits per heavy atom. The van der Waals surface area contributed by atoms with E-state index < -0.39 is 8.07 Å². The first kappa shape index (κ1) is 32.8. The molecule has 2 heterocycles. The normalized spacial score (nSPS) is 26.1. The zero-order chi connectivity index (χ0) is 34.2. The summed E-state index contributed by atoms with van der Waals surface area (Å²) in [6, 6.07) is 25.9. The number of anilines is 1. The van der Waals surface area contributed by atoms with Gasteiger partial charge in [0.1, 0.15) is 0 Å². The van der Waals surface area contributed by atoms with Gasteiger partial charge in [-0.15, -0.1) is 0 Å². The van der Waals surface area contributed by atoms with Crippen molar-refractivity contribution in [1.29, 1.82) is 0 Å². The van der Waals surface area contributed by atoms with E-state index >= 15 is 0 Å². The SMILES string of the molecule is Cc1ccc2c(c1)C1C(C3C=CC=CC3C1[Si](C)(CCCCCCOC(C)(C)C)C1c3ccccc3-c3c1c1cc(C)ccc1n3C)N2C. The van der Waals surface area contributed by atoms with E-state index in [-0.39, 0.29) is 5.60 Å². The Hall–Kier alpha value is -3.34. The van der Waals surface area contributed by atoms with Gasteiger partial charge >= 0.3 is 0 Å². The van der Waals surface area contributed by atoms with Crippen LogP contribution in [0.2, 0.25) is 18.1 Å². The highest BCUT2D eigenvalue weighted by molar-refractivity contribution is 6.82. The summed E-state index contributed by atoms with van der Waals surface area (Å²) in [6.45, 7) is 14.8. The second-order valence-electron chi connectivity index (χ2n) is 17.1. The Morgan fingerprint density at radius 2 is 1.51 bits per heavy atom. The fourth-order valence-corrected chi connectivity index (χ4v) is 17.4. The van der Waals surface area contributed by atoms with Crippen molar-refractivity contribution in [2.24, 2.45) is 18.9 Å². The first-order chi connectivity index (χ1) is 23.5. The van der Waals surface area contributed by atoms with Gasteiger partial charge in [-0.05, 0) is 87.4 Å². The lowest BCUT2D eigenvalue weighted by molar-refractivity contribution is -0.00471. The summed E-state index contributed by atoms with van der Waals surface area (Å²) in [5, 5.41) is 1.49. The highest BCUT2D eigenvalue weighted by atomic mass is 28.3. The number of aryl methyl sites for hydroxylation is 3. The van der Waals surface area contributed by atoms with Crippen LogP contribution in [-0.2, 0) is 11.8 Å². The number of allylic oxidation sites excluding steroid dienone is 3. The van der Waals surface area contributed by atoms with E-state index in [1.165, 1.54) is 64.3 Å². The van der Waals surface area contributed by atoms with Gasteiger partial charge in [0.2, 0.25) is 0 Å². The first-order valence-corrected chi connectivity index (χ1v) is 21.9. The summed E-state index contributed by atoms with van der Waals surface area (Å²) < 4.78 is 8.64. The van der Waals surface area contributed by atoms with Gasteiger partial charge in [0.25, 0.3) is 0 Å². The molecular weight excluding hydrogens is 613 g/mol. The number of rotatable bonds is 9. The molecule has 4 heteroatoms. The van der Waals surface area contributed by atoms with Crippen LogP contribution >= 0.6 is 0 Å². The minimum Gasteiger partial charge on any atom is -0.376 e. The van der Waals surface area contributed by atoms with Crippen molar-refractivity contribution in [2.45, 2.75) is 102 Å². The van der Waals surface area contributed by atoms with Gasteiger partial charge in [-0.3, -0.25) is 0 Å². The Bertz CT molecular complexity index is 1960. The monoisotopic (exact) mass is 668 g/mol. The molecule has 7 unspecified atom stereocenters. The summed E-state index contributed by atoms with van der Waals surface area (Å²) in [7, 11) is 2.53. The zero-order valence-electron chi connectivity index (χ0n) is 31.1. The van der Waals surface area contributed by atoms with Crippen molar-refractivity contribution >= 4 is 24.7 Å². The lowest BCUT2D eigenvalue weighted by Crippen LogP contribution is -2.47. The quantitative estimate of drug-likeness (QED) is 0.130. The number of fused-ring (bicyclic) bond motifs is 10. The van der Waals surface area contributed by atoms with Crippen LogP contribution < -0.4 is 4.90 Å². The minimum absolute atomic E-state index is 0.0591. The van der Waals surface area contributed by atoms with Crippen LogP contribution in [0.15, 0.2) is 85.0 Å². The number of likely N-dealkylation sites (N-methyl/N-ethyl adjacent to an activating group) is 1. The summed E-state index contributed by atoms with van der Waals surface area (Å²) in [5.74, 6) is 1.66. The number of nitrogens with zero attached hydrogens (tertiary/aromatic N) is 2. The molecule has 0 N–H and O–H groups in total. The average molecular weight is 669 g/mol. The van der Waals surface area contributed by atoms with E-state index in [0.717, 1.165) is 13.0 Å². The van der Waals surface area contributed by atoms with Gasteiger partial charge in [0.15, 0.2) is 0 Å². The van der Waals surface area contributed by atoms with Crippen molar-refractivity contribution in [3.63, 3.8) is 0 Å². The van der Waals surface area contributed by atoms with Crippen molar-refractivity contribution in [3.8, 4) is 11.3 Å². The minimum atomic E-state index is -2.17. The van der Waals surface area contributed by atoms with Crippen molar-refractivity contribution < 1.29 is 4.74 Å². The van der Waals surface area contributed by atoms with Crippen molar-refractivity contribution in [3.05, 3.63) is 113 Å². The molecule has 3 nitrogen and oxygen atoms in total. The number of ether oxygens (including phenoxy) is 1. The molecule has 8 rings (SSSR count). The largest absolute Gasteiger partial charge is 0.376 e. The maximum atomic E-state index is 6.12. The smallest absolute Gasteiger partial charge is 0.0679 e. The highest BCUT2D eigenvalue weighted by Crippen LogP contribution is 2.68. The first-order valence-electron chi connectivity index (χ1n) is 19.0. The number of benzene rings is 3. The second kappa shape index (κ2) is 12.2. The lowest BCUT2D eigenvalue weighted by atomic mass is 9.89. The summed E-state index contributed by atoms with van der Waals surface area (Å²) in [6.07, 6.45) is 14.9. The fourth-order valence-electron chi connectivity index (χ4n) is 11.0. The Labute approximate surface area is 296 Å². The van der Waals surface area contributed by atoms with Gasteiger partial charge in [0.05, 0.1) is 19.4 Å². The Morgan fingerprint density at radius 1 is 0.796 bits per heavy atom. The van der Waals surface area contributed by atoms with Gasteiger partial charge in [-0.25, -0.2) is 0 Å². The van der Waals surface area contributed by atoms with E-state index in [2.05, 4.69) is 150 Å². The number of hydrogen-bond donors (Lipinski definition) is 0. The molecule has 49 heavy (non-hydrogen) atoms. The molecule has 7 atom stereocenters. The van der Waals surface area contributed by atoms with Crippen LogP contribution in [0.3, 0.4) is 0 Å². The molecule has 0 radical (unpaired) electrons. The molecule has 0 bridgehead atoms. The summed E-state index contributed by atoms with van der Waals surface area (Å²) in [5.41, 5.74) is 14.5. The Kier molecular flexibility index (Phi) is 8.15. The van der Waals surface area contributed by atoms with Gasteiger partial charge in [-0.1, -0.05) is 110 Å².